The van der Waals surface area contributed by atoms with Gasteiger partial charge >= 0.3 is 11.7 Å². The quantitative estimate of drug-likeness (QED) is 0.584. The third kappa shape index (κ3) is 5.22. The molecule has 0 unspecified atom stereocenters. The van der Waals surface area contributed by atoms with Crippen LogP contribution in [0.3, 0.4) is 0 Å². The van der Waals surface area contributed by atoms with Crippen LogP contribution in [0.1, 0.15) is 58.3 Å². The number of hydrogen-bond acceptors (Lipinski definition) is 6. The Hall–Kier alpha value is -2.09. The molecule has 0 radical (unpaired) electrons. The van der Waals surface area contributed by atoms with Crippen LogP contribution in [-0.4, -0.2) is 50.7 Å². The van der Waals surface area contributed by atoms with Crippen molar-refractivity contribution in [3.05, 3.63) is 10.5 Å². The van der Waals surface area contributed by atoms with Crippen LogP contribution in [0.4, 0.5) is 5.82 Å². The number of likely N-dealkylation sites (tertiary alicyclic amines) is 1. The van der Waals surface area contributed by atoms with Crippen LogP contribution >= 0.6 is 0 Å². The van der Waals surface area contributed by atoms with Crippen molar-refractivity contribution in [2.75, 3.05) is 32.0 Å². The van der Waals surface area contributed by atoms with E-state index in [9.17, 15) is 4.79 Å². The number of nitrogen functional groups attached to an aromatic ring is 1. The molecular weight excluding hydrogens is 344 g/mol. The van der Waals surface area contributed by atoms with Crippen molar-refractivity contribution >= 4 is 17.0 Å². The van der Waals surface area contributed by atoms with E-state index in [1.165, 1.54) is 45.3 Å². The monoisotopic (exact) mass is 376 g/mol. The first-order valence-corrected chi connectivity index (χ1v) is 10.3. The fourth-order valence-corrected chi connectivity index (χ4v) is 3.58. The van der Waals surface area contributed by atoms with Crippen LogP contribution in [0.25, 0.3) is 11.2 Å². The SMILES string of the molecule is CCCCOc1nc(N)c2[nH]c(=O)n(CCCCCCN3CCCC3)c2n1. The maximum Gasteiger partial charge on any atom is 0.327 e. The second kappa shape index (κ2) is 9.73. The Kier molecular flexibility index (Phi) is 7.09. The number of anilines is 1. The molecule has 0 aromatic carbocycles. The zero-order valence-electron chi connectivity index (χ0n) is 16.4. The second-order valence-corrected chi connectivity index (χ2v) is 7.34. The highest BCUT2D eigenvalue weighted by Gasteiger charge is 2.14. The summed E-state index contributed by atoms with van der Waals surface area (Å²) < 4.78 is 7.22. The van der Waals surface area contributed by atoms with Gasteiger partial charge in [0.25, 0.3) is 0 Å². The lowest BCUT2D eigenvalue weighted by molar-refractivity contribution is 0.286. The normalized spacial score (nSPS) is 15.0. The van der Waals surface area contributed by atoms with E-state index in [-0.39, 0.29) is 17.5 Å². The number of unbranched alkanes of at least 4 members (excludes halogenated alkanes) is 4. The number of aromatic amines is 1. The summed E-state index contributed by atoms with van der Waals surface area (Å²) in [5.41, 5.74) is 6.83. The van der Waals surface area contributed by atoms with Crippen LogP contribution in [0.15, 0.2) is 4.79 Å². The Morgan fingerprint density at radius 3 is 2.56 bits per heavy atom. The molecule has 1 saturated heterocycles. The lowest BCUT2D eigenvalue weighted by Gasteiger charge is -2.13. The summed E-state index contributed by atoms with van der Waals surface area (Å²) in [7, 11) is 0. The summed E-state index contributed by atoms with van der Waals surface area (Å²) in [6, 6.07) is 0.242. The topological polar surface area (TPSA) is 102 Å². The molecule has 2 aromatic heterocycles. The van der Waals surface area contributed by atoms with Gasteiger partial charge in [-0.05, 0) is 51.7 Å². The van der Waals surface area contributed by atoms with Crippen LogP contribution in [0.2, 0.25) is 0 Å². The lowest BCUT2D eigenvalue weighted by Crippen LogP contribution is -2.20. The van der Waals surface area contributed by atoms with E-state index in [0.717, 1.165) is 25.7 Å². The number of aryl methyl sites for hydroxylation is 1. The van der Waals surface area contributed by atoms with Gasteiger partial charge < -0.3 is 20.4 Å². The van der Waals surface area contributed by atoms with Crippen molar-refractivity contribution in [2.45, 2.75) is 64.8 Å². The fourth-order valence-electron chi connectivity index (χ4n) is 3.58. The van der Waals surface area contributed by atoms with Crippen molar-refractivity contribution in [3.63, 3.8) is 0 Å². The molecule has 8 nitrogen and oxygen atoms in total. The first-order chi connectivity index (χ1) is 13.2. The molecule has 2 aromatic rings. The second-order valence-electron chi connectivity index (χ2n) is 7.34. The minimum absolute atomic E-state index is 0.186. The van der Waals surface area contributed by atoms with Crippen molar-refractivity contribution in [2.24, 2.45) is 0 Å². The molecule has 3 rings (SSSR count). The number of aromatic nitrogens is 4. The van der Waals surface area contributed by atoms with Gasteiger partial charge in [0.15, 0.2) is 11.5 Å². The molecule has 8 heteroatoms. The van der Waals surface area contributed by atoms with Crippen molar-refractivity contribution in [3.8, 4) is 6.01 Å². The molecule has 0 bridgehead atoms. The molecule has 3 N–H and O–H groups in total. The number of imidazole rings is 1. The summed E-state index contributed by atoms with van der Waals surface area (Å²) >= 11 is 0. The number of nitrogens with two attached hydrogens (primary N) is 1. The van der Waals surface area contributed by atoms with E-state index < -0.39 is 0 Å². The summed E-state index contributed by atoms with van der Waals surface area (Å²) in [5.74, 6) is 0.257. The first kappa shape index (κ1) is 19.7. The smallest absolute Gasteiger partial charge is 0.327 e. The van der Waals surface area contributed by atoms with Crippen LogP contribution < -0.4 is 16.2 Å². The molecule has 27 heavy (non-hydrogen) atoms. The highest BCUT2D eigenvalue weighted by Crippen LogP contribution is 2.18. The van der Waals surface area contributed by atoms with E-state index in [0.29, 0.717) is 24.3 Å². The molecule has 3 heterocycles. The molecular formula is C19H32N6O2. The van der Waals surface area contributed by atoms with Crippen molar-refractivity contribution in [1.29, 1.82) is 0 Å². The third-order valence-corrected chi connectivity index (χ3v) is 5.16. The molecule has 0 amide bonds. The third-order valence-electron chi connectivity index (χ3n) is 5.16. The van der Waals surface area contributed by atoms with E-state index in [2.05, 4.69) is 26.8 Å². The zero-order chi connectivity index (χ0) is 19.1. The van der Waals surface area contributed by atoms with Gasteiger partial charge in [-0.15, -0.1) is 0 Å². The van der Waals surface area contributed by atoms with Crippen LogP contribution in [-0.2, 0) is 6.54 Å². The highest BCUT2D eigenvalue weighted by atomic mass is 16.5. The number of H-pyrrole nitrogens is 1. The number of nitrogens with one attached hydrogen (secondary N) is 1. The van der Waals surface area contributed by atoms with E-state index in [1.807, 2.05) is 0 Å². The average molecular weight is 377 g/mol. The fraction of sp³-hybridized carbons (Fsp3) is 0.737. The zero-order valence-corrected chi connectivity index (χ0v) is 16.4. The molecule has 1 aliphatic heterocycles. The van der Waals surface area contributed by atoms with Crippen LogP contribution in [0, 0.1) is 0 Å². The highest BCUT2D eigenvalue weighted by molar-refractivity contribution is 5.81. The first-order valence-electron chi connectivity index (χ1n) is 10.3. The number of ether oxygens (including phenoxy) is 1. The van der Waals surface area contributed by atoms with Gasteiger partial charge in [-0.1, -0.05) is 26.2 Å². The molecule has 0 atom stereocenters. The minimum atomic E-state index is -0.186. The van der Waals surface area contributed by atoms with E-state index in [1.54, 1.807) is 4.57 Å². The Morgan fingerprint density at radius 2 is 1.81 bits per heavy atom. The molecule has 150 valence electrons. The largest absolute Gasteiger partial charge is 0.463 e. The van der Waals surface area contributed by atoms with Crippen molar-refractivity contribution < 1.29 is 4.74 Å². The van der Waals surface area contributed by atoms with E-state index >= 15 is 0 Å². The van der Waals surface area contributed by atoms with Gasteiger partial charge in [0.2, 0.25) is 0 Å². The number of hydrogen-bond donors (Lipinski definition) is 2. The minimum Gasteiger partial charge on any atom is -0.463 e. The van der Waals surface area contributed by atoms with Gasteiger partial charge in [-0.3, -0.25) is 4.57 Å². The number of rotatable bonds is 11. The maximum absolute atomic E-state index is 12.3. The predicted octanol–water partition coefficient (Wildman–Crippen LogP) is 2.54. The molecule has 1 fully saturated rings. The van der Waals surface area contributed by atoms with Gasteiger partial charge in [-0.2, -0.15) is 9.97 Å². The summed E-state index contributed by atoms with van der Waals surface area (Å²) in [6.07, 6.45) is 9.12. The standard InChI is InChI=1S/C19H32N6O2/c1-2-3-14-27-18-22-16(20)15-17(23-18)25(19(26)21-15)13-7-5-4-6-10-24-11-8-9-12-24/h2-14H2,1H3,(H,21,26)(H2,20,22,23). The summed E-state index contributed by atoms with van der Waals surface area (Å²) in [5, 5.41) is 0. The summed E-state index contributed by atoms with van der Waals surface area (Å²) in [4.78, 5) is 26.2. The van der Waals surface area contributed by atoms with E-state index in [4.69, 9.17) is 10.5 Å². The Balaban J connectivity index is 1.54. The molecule has 0 saturated carbocycles. The van der Waals surface area contributed by atoms with Gasteiger partial charge in [0.05, 0.1) is 6.61 Å². The molecule has 0 spiro atoms. The Morgan fingerprint density at radius 1 is 1.07 bits per heavy atom. The lowest BCUT2D eigenvalue weighted by atomic mass is 10.2. The van der Waals surface area contributed by atoms with Crippen molar-refractivity contribution in [1.82, 2.24) is 24.4 Å². The Bertz CT molecular complexity index is 778. The number of fused-ring (bicyclic) bond motifs is 1. The molecule has 1 aliphatic rings. The summed E-state index contributed by atoms with van der Waals surface area (Å²) in [6.45, 7) is 7.00. The molecule has 0 aliphatic carbocycles. The van der Waals surface area contributed by atoms with Gasteiger partial charge in [-0.25, -0.2) is 4.79 Å². The van der Waals surface area contributed by atoms with Gasteiger partial charge in [0, 0.05) is 6.54 Å². The Labute approximate surface area is 160 Å². The average Bonchev–Trinajstić information content (AvgIpc) is 3.27. The number of nitrogens with zero attached hydrogens (tertiary/aromatic N) is 4. The predicted molar refractivity (Wildman–Crippen MR) is 107 cm³/mol. The van der Waals surface area contributed by atoms with Gasteiger partial charge in [0.1, 0.15) is 5.52 Å². The van der Waals surface area contributed by atoms with Crippen LogP contribution in [0.5, 0.6) is 6.01 Å². The maximum atomic E-state index is 12.3.